The zero-order valence-corrected chi connectivity index (χ0v) is 11.3. The molecule has 0 aromatic carbocycles. The number of rotatable bonds is 3. The van der Waals surface area contributed by atoms with Crippen molar-refractivity contribution < 1.29 is 9.59 Å². The molecule has 2 amide bonds. The lowest BCUT2D eigenvalue weighted by atomic mass is 10.3. The Bertz CT molecular complexity index is 490. The van der Waals surface area contributed by atoms with Crippen LogP contribution in [0.25, 0.3) is 0 Å². The van der Waals surface area contributed by atoms with Gasteiger partial charge in [0.05, 0.1) is 12.7 Å². The van der Waals surface area contributed by atoms with Crippen molar-refractivity contribution >= 4 is 17.6 Å². The Balaban J connectivity index is 1.99. The molecule has 1 aromatic rings. The van der Waals surface area contributed by atoms with Gasteiger partial charge in [-0.1, -0.05) is 0 Å². The van der Waals surface area contributed by atoms with Gasteiger partial charge in [-0.3, -0.25) is 14.3 Å². The third-order valence-corrected chi connectivity index (χ3v) is 3.39. The van der Waals surface area contributed by atoms with Gasteiger partial charge in [0, 0.05) is 27.2 Å². The molecule has 0 unspecified atom stereocenters. The van der Waals surface area contributed by atoms with Crippen molar-refractivity contribution in [1.29, 1.82) is 0 Å². The Labute approximate surface area is 111 Å². The molecular weight excluding hydrogens is 246 g/mol. The number of anilines is 1. The number of hydrogen-bond acceptors (Lipinski definition) is 4. The summed E-state index contributed by atoms with van der Waals surface area (Å²) in [7, 11) is 3.27. The van der Waals surface area contributed by atoms with Crippen LogP contribution in [0.1, 0.15) is 23.2 Å². The number of likely N-dealkylation sites (N-methyl/N-ethyl adjacent to an activating group) is 1. The van der Waals surface area contributed by atoms with Gasteiger partial charge in [0.15, 0.2) is 0 Å². The van der Waals surface area contributed by atoms with Gasteiger partial charge < -0.3 is 15.5 Å². The van der Waals surface area contributed by atoms with Crippen LogP contribution in [0.2, 0.25) is 0 Å². The maximum Gasteiger partial charge on any atom is 0.259 e. The zero-order valence-electron chi connectivity index (χ0n) is 11.3. The summed E-state index contributed by atoms with van der Waals surface area (Å²) in [5, 5.41) is 3.93. The molecule has 19 heavy (non-hydrogen) atoms. The fraction of sp³-hybridized carbons (Fsp3) is 0.583. The van der Waals surface area contributed by atoms with Gasteiger partial charge in [0.1, 0.15) is 11.4 Å². The van der Waals surface area contributed by atoms with E-state index in [1.807, 2.05) is 0 Å². The van der Waals surface area contributed by atoms with Gasteiger partial charge in [-0.15, -0.1) is 0 Å². The first kappa shape index (κ1) is 13.4. The third-order valence-electron chi connectivity index (χ3n) is 3.39. The topological polar surface area (TPSA) is 84.5 Å². The third kappa shape index (κ3) is 2.69. The van der Waals surface area contributed by atoms with E-state index in [0.29, 0.717) is 11.4 Å². The van der Waals surface area contributed by atoms with E-state index >= 15 is 0 Å². The van der Waals surface area contributed by atoms with E-state index < -0.39 is 0 Å². The Kier molecular flexibility index (Phi) is 3.73. The lowest BCUT2D eigenvalue weighted by molar-refractivity contribution is -0.130. The van der Waals surface area contributed by atoms with Crippen LogP contribution >= 0.6 is 0 Å². The molecule has 2 N–H and O–H groups in total. The summed E-state index contributed by atoms with van der Waals surface area (Å²) in [6.07, 6.45) is 3.51. The first-order chi connectivity index (χ1) is 9.00. The molecule has 2 rings (SSSR count). The van der Waals surface area contributed by atoms with Crippen LogP contribution in [0, 0.1) is 0 Å². The highest BCUT2D eigenvalue weighted by molar-refractivity contribution is 5.99. The number of nitrogen functional groups attached to an aromatic ring is 1. The molecule has 7 nitrogen and oxygen atoms in total. The summed E-state index contributed by atoms with van der Waals surface area (Å²) in [6, 6.07) is 0. The highest BCUT2D eigenvalue weighted by Crippen LogP contribution is 2.13. The molecule has 0 radical (unpaired) electrons. The van der Waals surface area contributed by atoms with Crippen molar-refractivity contribution in [2.45, 2.75) is 12.8 Å². The largest absolute Gasteiger partial charge is 0.383 e. The van der Waals surface area contributed by atoms with E-state index in [1.54, 1.807) is 19.0 Å². The van der Waals surface area contributed by atoms with Crippen LogP contribution in [0.4, 0.5) is 5.82 Å². The minimum Gasteiger partial charge on any atom is -0.383 e. The van der Waals surface area contributed by atoms with Gasteiger partial charge in [0.25, 0.3) is 5.91 Å². The maximum atomic E-state index is 12.2. The molecule has 0 saturated carbocycles. The van der Waals surface area contributed by atoms with Gasteiger partial charge in [0.2, 0.25) is 5.91 Å². The van der Waals surface area contributed by atoms with Crippen molar-refractivity contribution in [1.82, 2.24) is 19.6 Å². The van der Waals surface area contributed by atoms with Crippen molar-refractivity contribution in [2.24, 2.45) is 7.05 Å². The van der Waals surface area contributed by atoms with Crippen LogP contribution in [0.3, 0.4) is 0 Å². The SMILES string of the molecule is CN(CC(=O)N1CCCC1)C(=O)c1cnn(C)c1N. The van der Waals surface area contributed by atoms with E-state index in [2.05, 4.69) is 5.10 Å². The molecule has 1 aromatic heterocycles. The normalized spacial score (nSPS) is 14.7. The number of amides is 2. The number of hydrogen-bond donors (Lipinski definition) is 1. The first-order valence-electron chi connectivity index (χ1n) is 6.31. The molecule has 0 aliphatic carbocycles. The minimum absolute atomic E-state index is 0.0178. The average Bonchev–Trinajstić information content (AvgIpc) is 3.00. The fourth-order valence-electron chi connectivity index (χ4n) is 2.16. The van der Waals surface area contributed by atoms with E-state index in [1.165, 1.54) is 15.8 Å². The molecule has 0 bridgehead atoms. The van der Waals surface area contributed by atoms with Crippen molar-refractivity contribution in [2.75, 3.05) is 32.4 Å². The standard InChI is InChI=1S/C12H19N5O2/c1-15(8-10(18)17-5-3-4-6-17)12(19)9-7-14-16(2)11(9)13/h7H,3-6,8,13H2,1-2H3. The fourth-order valence-corrected chi connectivity index (χ4v) is 2.16. The van der Waals surface area contributed by atoms with Gasteiger partial charge in [-0.05, 0) is 12.8 Å². The number of aromatic nitrogens is 2. The van der Waals surface area contributed by atoms with Gasteiger partial charge in [-0.25, -0.2) is 0 Å². The second kappa shape index (κ2) is 5.29. The Morgan fingerprint density at radius 3 is 2.58 bits per heavy atom. The lowest BCUT2D eigenvalue weighted by Gasteiger charge is -2.21. The Morgan fingerprint density at radius 1 is 1.42 bits per heavy atom. The van der Waals surface area contributed by atoms with Crippen LogP contribution < -0.4 is 5.73 Å². The number of carbonyl (C=O) groups excluding carboxylic acids is 2. The summed E-state index contributed by atoms with van der Waals surface area (Å²) in [5.74, 6) is 0.0134. The van der Waals surface area contributed by atoms with E-state index in [-0.39, 0.29) is 18.4 Å². The number of nitrogens with zero attached hydrogens (tertiary/aromatic N) is 4. The van der Waals surface area contributed by atoms with E-state index in [4.69, 9.17) is 5.73 Å². The molecular formula is C12H19N5O2. The highest BCUT2D eigenvalue weighted by Gasteiger charge is 2.23. The van der Waals surface area contributed by atoms with Crippen LogP contribution in [-0.2, 0) is 11.8 Å². The molecule has 0 spiro atoms. The molecule has 7 heteroatoms. The minimum atomic E-state index is -0.279. The summed E-state index contributed by atoms with van der Waals surface area (Å²) in [6.45, 7) is 1.65. The maximum absolute atomic E-state index is 12.2. The van der Waals surface area contributed by atoms with Gasteiger partial charge in [-0.2, -0.15) is 5.10 Å². The van der Waals surface area contributed by atoms with Gasteiger partial charge >= 0.3 is 0 Å². The predicted molar refractivity (Wildman–Crippen MR) is 70.4 cm³/mol. The number of likely N-dealkylation sites (tertiary alicyclic amines) is 1. The van der Waals surface area contributed by atoms with Crippen molar-refractivity contribution in [3.8, 4) is 0 Å². The van der Waals surface area contributed by atoms with Crippen LogP contribution in [0.15, 0.2) is 6.20 Å². The zero-order chi connectivity index (χ0) is 14.0. The second-order valence-corrected chi connectivity index (χ2v) is 4.82. The molecule has 1 aliphatic rings. The average molecular weight is 265 g/mol. The molecule has 1 aliphatic heterocycles. The summed E-state index contributed by atoms with van der Waals surface area (Å²) >= 11 is 0. The molecule has 0 atom stereocenters. The molecule has 1 saturated heterocycles. The number of aryl methyl sites for hydroxylation is 1. The Hall–Kier alpha value is -2.05. The second-order valence-electron chi connectivity index (χ2n) is 4.82. The molecule has 104 valence electrons. The quantitative estimate of drug-likeness (QED) is 0.813. The summed E-state index contributed by atoms with van der Waals surface area (Å²) < 4.78 is 1.43. The Morgan fingerprint density at radius 2 is 2.05 bits per heavy atom. The monoisotopic (exact) mass is 265 g/mol. The predicted octanol–water partition coefficient (Wildman–Crippen LogP) is -0.303. The molecule has 2 heterocycles. The van der Waals surface area contributed by atoms with Crippen molar-refractivity contribution in [3.05, 3.63) is 11.8 Å². The van der Waals surface area contributed by atoms with Crippen LogP contribution in [-0.4, -0.2) is 58.1 Å². The highest BCUT2D eigenvalue weighted by atomic mass is 16.2. The van der Waals surface area contributed by atoms with E-state index in [9.17, 15) is 9.59 Å². The van der Waals surface area contributed by atoms with Crippen molar-refractivity contribution in [3.63, 3.8) is 0 Å². The summed E-state index contributed by atoms with van der Waals surface area (Å²) in [4.78, 5) is 27.3. The molecule has 1 fully saturated rings. The smallest absolute Gasteiger partial charge is 0.259 e. The number of nitrogens with two attached hydrogens (primary N) is 1. The first-order valence-corrected chi connectivity index (χ1v) is 6.31. The number of carbonyl (C=O) groups is 2. The summed E-state index contributed by atoms with van der Waals surface area (Å²) in [5.41, 5.74) is 6.08. The van der Waals surface area contributed by atoms with Crippen LogP contribution in [0.5, 0.6) is 0 Å². The van der Waals surface area contributed by atoms with E-state index in [0.717, 1.165) is 25.9 Å². The lowest BCUT2D eigenvalue weighted by Crippen LogP contribution is -2.39.